The number of aliphatic hydroxyl groups excluding tert-OH is 2. The number of hydrogen-bond acceptors (Lipinski definition) is 2. The van der Waals surface area contributed by atoms with E-state index in [1.54, 1.807) is 0 Å². The van der Waals surface area contributed by atoms with E-state index in [-0.39, 0.29) is 13.2 Å². The lowest BCUT2D eigenvalue weighted by atomic mass is 9.91. The molecule has 84 valence electrons. The van der Waals surface area contributed by atoms with Crippen LogP contribution >= 0.6 is 0 Å². The molecular formula is C13H20O2. The zero-order chi connectivity index (χ0) is 10.9. The number of benzene rings is 1. The average Bonchev–Trinajstić information content (AvgIpc) is 2.29. The fraction of sp³-hybridized carbons (Fsp3) is 0.538. The van der Waals surface area contributed by atoms with Gasteiger partial charge in [0.15, 0.2) is 0 Å². The van der Waals surface area contributed by atoms with Crippen LogP contribution in [0.2, 0.25) is 0 Å². The minimum absolute atomic E-state index is 0.235. The minimum Gasteiger partial charge on any atom is -0.396 e. The minimum atomic E-state index is 0.235. The van der Waals surface area contributed by atoms with E-state index in [9.17, 15) is 0 Å². The maximum absolute atomic E-state index is 9.01. The van der Waals surface area contributed by atoms with Crippen LogP contribution in [0, 0.1) is 0 Å². The first-order valence-electron chi connectivity index (χ1n) is 5.65. The first-order valence-corrected chi connectivity index (χ1v) is 5.65. The van der Waals surface area contributed by atoms with Crippen molar-refractivity contribution >= 4 is 0 Å². The highest BCUT2D eigenvalue weighted by atomic mass is 16.3. The first kappa shape index (κ1) is 12.2. The molecule has 0 saturated heterocycles. The van der Waals surface area contributed by atoms with Crippen LogP contribution < -0.4 is 0 Å². The molecule has 2 heteroatoms. The molecule has 0 amide bonds. The summed E-state index contributed by atoms with van der Waals surface area (Å²) < 4.78 is 0. The molecule has 1 aromatic carbocycles. The zero-order valence-corrected chi connectivity index (χ0v) is 9.10. The highest BCUT2D eigenvalue weighted by Gasteiger charge is 2.09. The van der Waals surface area contributed by atoms with Crippen LogP contribution in [-0.4, -0.2) is 23.4 Å². The summed E-state index contributed by atoms with van der Waals surface area (Å²) in [6.45, 7) is 0.499. The van der Waals surface area contributed by atoms with Crippen molar-refractivity contribution in [1.82, 2.24) is 0 Å². The molecular weight excluding hydrogens is 188 g/mol. The summed E-state index contributed by atoms with van der Waals surface area (Å²) in [7, 11) is 0. The Labute approximate surface area is 91.6 Å². The molecule has 0 bridgehead atoms. The molecule has 15 heavy (non-hydrogen) atoms. The molecule has 0 saturated carbocycles. The highest BCUT2D eigenvalue weighted by molar-refractivity contribution is 5.19. The fourth-order valence-corrected chi connectivity index (χ4v) is 1.86. The van der Waals surface area contributed by atoms with Crippen molar-refractivity contribution in [3.05, 3.63) is 35.9 Å². The molecule has 0 aromatic heterocycles. The fourth-order valence-electron chi connectivity index (χ4n) is 1.86. The summed E-state index contributed by atoms with van der Waals surface area (Å²) in [5, 5.41) is 17.7. The maximum Gasteiger partial charge on any atom is 0.0436 e. The van der Waals surface area contributed by atoms with E-state index in [0.717, 1.165) is 25.7 Å². The van der Waals surface area contributed by atoms with Gasteiger partial charge in [-0.3, -0.25) is 0 Å². The molecule has 0 spiro atoms. The molecule has 0 heterocycles. The van der Waals surface area contributed by atoms with Gasteiger partial charge in [-0.05, 0) is 30.7 Å². The average molecular weight is 208 g/mol. The van der Waals surface area contributed by atoms with Crippen molar-refractivity contribution in [1.29, 1.82) is 0 Å². The third-order valence-corrected chi connectivity index (χ3v) is 2.71. The summed E-state index contributed by atoms with van der Waals surface area (Å²) >= 11 is 0. The van der Waals surface area contributed by atoms with E-state index in [4.69, 9.17) is 10.2 Å². The largest absolute Gasteiger partial charge is 0.396 e. The number of rotatable bonds is 7. The molecule has 2 nitrogen and oxygen atoms in total. The first-order chi connectivity index (χ1) is 7.38. The Bertz CT molecular complexity index is 246. The Kier molecular flexibility index (Phi) is 6.05. The second-order valence-electron chi connectivity index (χ2n) is 3.84. The number of hydrogen-bond donors (Lipinski definition) is 2. The Hall–Kier alpha value is -0.860. The van der Waals surface area contributed by atoms with E-state index in [1.807, 2.05) is 18.2 Å². The SMILES string of the molecule is OCCCCC(CCO)c1ccccc1. The second kappa shape index (κ2) is 7.43. The van der Waals surface area contributed by atoms with Gasteiger partial charge in [-0.2, -0.15) is 0 Å². The van der Waals surface area contributed by atoms with Crippen LogP contribution in [0.5, 0.6) is 0 Å². The van der Waals surface area contributed by atoms with Crippen LogP contribution in [-0.2, 0) is 0 Å². The van der Waals surface area contributed by atoms with E-state index in [1.165, 1.54) is 5.56 Å². The van der Waals surface area contributed by atoms with Gasteiger partial charge in [-0.15, -0.1) is 0 Å². The summed E-state index contributed by atoms with van der Waals surface area (Å²) in [6.07, 6.45) is 3.74. The van der Waals surface area contributed by atoms with Gasteiger partial charge < -0.3 is 10.2 Å². The predicted octanol–water partition coefficient (Wildman–Crippen LogP) is 2.32. The summed E-state index contributed by atoms with van der Waals surface area (Å²) in [5.74, 6) is 0.433. The van der Waals surface area contributed by atoms with E-state index in [0.29, 0.717) is 5.92 Å². The molecule has 1 aromatic rings. The van der Waals surface area contributed by atoms with Crippen LogP contribution in [0.15, 0.2) is 30.3 Å². The molecule has 0 aliphatic carbocycles. The van der Waals surface area contributed by atoms with Crippen LogP contribution in [0.25, 0.3) is 0 Å². The molecule has 0 radical (unpaired) electrons. The lowest BCUT2D eigenvalue weighted by Gasteiger charge is -2.15. The monoisotopic (exact) mass is 208 g/mol. The third-order valence-electron chi connectivity index (χ3n) is 2.71. The lowest BCUT2D eigenvalue weighted by molar-refractivity contribution is 0.262. The van der Waals surface area contributed by atoms with Crippen molar-refractivity contribution in [3.63, 3.8) is 0 Å². The van der Waals surface area contributed by atoms with E-state index >= 15 is 0 Å². The zero-order valence-electron chi connectivity index (χ0n) is 9.10. The van der Waals surface area contributed by atoms with Crippen molar-refractivity contribution in [2.24, 2.45) is 0 Å². The van der Waals surface area contributed by atoms with Crippen molar-refractivity contribution in [2.45, 2.75) is 31.6 Å². The second-order valence-corrected chi connectivity index (χ2v) is 3.84. The molecule has 1 atom stereocenters. The quantitative estimate of drug-likeness (QED) is 0.675. The van der Waals surface area contributed by atoms with Gasteiger partial charge in [0.1, 0.15) is 0 Å². The molecule has 2 N–H and O–H groups in total. The van der Waals surface area contributed by atoms with Gasteiger partial charge in [0.2, 0.25) is 0 Å². The van der Waals surface area contributed by atoms with Crippen LogP contribution in [0.1, 0.15) is 37.2 Å². The van der Waals surface area contributed by atoms with Gasteiger partial charge in [0.05, 0.1) is 0 Å². The van der Waals surface area contributed by atoms with Gasteiger partial charge in [-0.1, -0.05) is 36.8 Å². The van der Waals surface area contributed by atoms with Crippen molar-refractivity contribution < 1.29 is 10.2 Å². The van der Waals surface area contributed by atoms with Crippen LogP contribution in [0.3, 0.4) is 0 Å². The number of aliphatic hydroxyl groups is 2. The normalized spacial score (nSPS) is 12.7. The highest BCUT2D eigenvalue weighted by Crippen LogP contribution is 2.24. The Morgan fingerprint density at radius 3 is 2.20 bits per heavy atom. The molecule has 0 aliphatic heterocycles. The van der Waals surface area contributed by atoms with Crippen LogP contribution in [0.4, 0.5) is 0 Å². The van der Waals surface area contributed by atoms with E-state index in [2.05, 4.69) is 12.1 Å². The number of unbranched alkanes of at least 4 members (excludes halogenated alkanes) is 1. The Morgan fingerprint density at radius 2 is 1.60 bits per heavy atom. The summed E-state index contributed by atoms with van der Waals surface area (Å²) in [6, 6.07) is 10.3. The molecule has 1 rings (SSSR count). The smallest absolute Gasteiger partial charge is 0.0436 e. The van der Waals surface area contributed by atoms with Crippen molar-refractivity contribution in [2.75, 3.05) is 13.2 Å². The van der Waals surface area contributed by atoms with E-state index < -0.39 is 0 Å². The van der Waals surface area contributed by atoms with Crippen molar-refractivity contribution in [3.8, 4) is 0 Å². The van der Waals surface area contributed by atoms with Gasteiger partial charge in [0.25, 0.3) is 0 Å². The van der Waals surface area contributed by atoms with Gasteiger partial charge in [-0.25, -0.2) is 0 Å². The molecule has 0 fully saturated rings. The lowest BCUT2D eigenvalue weighted by Crippen LogP contribution is -2.02. The molecule has 0 aliphatic rings. The van der Waals surface area contributed by atoms with Gasteiger partial charge >= 0.3 is 0 Å². The van der Waals surface area contributed by atoms with Gasteiger partial charge in [0, 0.05) is 13.2 Å². The molecule has 1 unspecified atom stereocenters. The Morgan fingerprint density at radius 1 is 0.867 bits per heavy atom. The standard InChI is InChI=1S/C13H20O2/c14-10-5-4-8-13(9-11-15)12-6-2-1-3-7-12/h1-3,6-7,13-15H,4-5,8-11H2. The summed E-state index contributed by atoms with van der Waals surface area (Å²) in [5.41, 5.74) is 1.30. The maximum atomic E-state index is 9.01. The third kappa shape index (κ3) is 4.45. The predicted molar refractivity (Wildman–Crippen MR) is 61.8 cm³/mol. The topological polar surface area (TPSA) is 40.5 Å². The summed E-state index contributed by atoms with van der Waals surface area (Å²) in [4.78, 5) is 0. The Balaban J connectivity index is 2.50.